The molecule has 1 rings (SSSR count). The minimum absolute atomic E-state index is 0. The Hall–Kier alpha value is 0.430. The maximum Gasteiger partial charge on any atom is 1.00 e. The largest absolute Gasteiger partial charge is 1.00 e. The van der Waals surface area contributed by atoms with Crippen molar-refractivity contribution in [3.63, 3.8) is 0 Å². The Kier molecular flexibility index (Phi) is 14.4. The van der Waals surface area contributed by atoms with Gasteiger partial charge in [0.05, 0.1) is 13.2 Å². The Morgan fingerprint density at radius 3 is 1.71 bits per heavy atom. The van der Waals surface area contributed by atoms with Gasteiger partial charge in [0.25, 0.3) is 0 Å². The molecule has 4 heteroatoms. The molecule has 0 aliphatic carbocycles. The molecule has 1 aliphatic rings. The monoisotopic (exact) mass is 112 g/mol. The van der Waals surface area contributed by atoms with E-state index in [0.29, 0.717) is 6.47 Å². The first-order chi connectivity index (χ1) is 2.91. The van der Waals surface area contributed by atoms with Crippen molar-refractivity contribution in [2.45, 2.75) is 0 Å². The van der Waals surface area contributed by atoms with E-state index in [-0.39, 0.29) is 29.6 Å². The van der Waals surface area contributed by atoms with Crippen molar-refractivity contribution < 1.29 is 44.2 Å². The fraction of sp³-hybridized carbons (Fsp3) is 0.667. The van der Waals surface area contributed by atoms with Crippen LogP contribution in [0, 0.1) is 0 Å². The second-order valence-corrected chi connectivity index (χ2v) is 0.704. The van der Waals surface area contributed by atoms with Crippen molar-refractivity contribution in [3.05, 3.63) is 0 Å². The van der Waals surface area contributed by atoms with E-state index in [0.717, 1.165) is 13.2 Å². The normalized spacial score (nSPS) is 12.0. The predicted molar refractivity (Wildman–Crippen MR) is 19.1 cm³/mol. The molecule has 0 amide bonds. The summed E-state index contributed by atoms with van der Waals surface area (Å²) >= 11 is 0. The third-order valence-corrected chi connectivity index (χ3v) is 0.204. The van der Waals surface area contributed by atoms with Crippen molar-refractivity contribution in [1.82, 2.24) is 0 Å². The molecule has 0 atom stereocenters. The molecular formula is C3H5NaO3. The van der Waals surface area contributed by atoms with Crippen molar-refractivity contribution in [2.75, 3.05) is 13.2 Å². The Labute approximate surface area is 64.0 Å². The number of hydrogen-bond donors (Lipinski definition) is 1. The van der Waals surface area contributed by atoms with Crippen LogP contribution in [0.25, 0.3) is 0 Å². The average molecular weight is 112 g/mol. The first-order valence-electron chi connectivity index (χ1n) is 1.51. The summed E-state index contributed by atoms with van der Waals surface area (Å²) in [5.74, 6) is 0. The van der Waals surface area contributed by atoms with E-state index in [1.54, 1.807) is 0 Å². The number of hydrogen-bond acceptors (Lipinski definition) is 2. The molecule has 1 aliphatic heterocycles. The Bertz CT molecular complexity index is 34.4. The maximum absolute atomic E-state index is 8.24. The zero-order valence-electron chi connectivity index (χ0n) is 4.18. The summed E-state index contributed by atoms with van der Waals surface area (Å²) in [4.78, 5) is 8.24. The van der Waals surface area contributed by atoms with Crippen LogP contribution in [0.15, 0.2) is 0 Å². The van der Waals surface area contributed by atoms with Crippen LogP contribution in [0.3, 0.4) is 0 Å². The van der Waals surface area contributed by atoms with Crippen LogP contribution in [-0.2, 0) is 9.53 Å². The van der Waals surface area contributed by atoms with Gasteiger partial charge in [-0.2, -0.15) is 0 Å². The fourth-order valence-electron chi connectivity index (χ4n) is 0. The minimum atomic E-state index is 0. The van der Waals surface area contributed by atoms with Gasteiger partial charge in [0.15, 0.2) is 0 Å². The Balaban J connectivity index is 0. The summed E-state index contributed by atoms with van der Waals surface area (Å²) in [7, 11) is 0. The summed E-state index contributed by atoms with van der Waals surface area (Å²) in [6.45, 7) is 2.50. The molecule has 0 aromatic heterocycles. The van der Waals surface area contributed by atoms with Gasteiger partial charge in [-0.05, 0) is 0 Å². The quantitative estimate of drug-likeness (QED) is 0.202. The van der Waals surface area contributed by atoms with Crippen molar-refractivity contribution in [2.24, 2.45) is 0 Å². The molecule has 1 heterocycles. The molecule has 0 unspecified atom stereocenters. The molecule has 0 aromatic carbocycles. The molecule has 0 radical (unpaired) electrons. The third-order valence-electron chi connectivity index (χ3n) is 0.204. The van der Waals surface area contributed by atoms with E-state index in [4.69, 9.17) is 9.90 Å². The Morgan fingerprint density at radius 1 is 1.57 bits per heavy atom. The molecule has 0 bridgehead atoms. The zero-order valence-corrected chi connectivity index (χ0v) is 6.18. The number of epoxide rings is 1. The van der Waals surface area contributed by atoms with Gasteiger partial charge in [-0.1, -0.05) is 6.47 Å². The summed E-state index contributed by atoms with van der Waals surface area (Å²) in [6.07, 6.45) is 0. The van der Waals surface area contributed by atoms with Gasteiger partial charge in [0.1, 0.15) is 0 Å². The van der Waals surface area contributed by atoms with Crippen LogP contribution in [0.4, 0.5) is 0 Å². The first kappa shape index (κ1) is 10.4. The molecule has 0 saturated carbocycles. The van der Waals surface area contributed by atoms with Gasteiger partial charge in [0, 0.05) is 0 Å². The van der Waals surface area contributed by atoms with Crippen LogP contribution in [-0.4, -0.2) is 24.8 Å². The standard InChI is InChI=1S/C2H4O.CHO2.Na/c1-2-3-1;2-1-3;/h1-2H2;(H,2,3);/q;-1;+1. The summed E-state index contributed by atoms with van der Waals surface area (Å²) < 4.78 is 4.50. The summed E-state index contributed by atoms with van der Waals surface area (Å²) in [5.41, 5.74) is 0. The van der Waals surface area contributed by atoms with Crippen LogP contribution in [0.1, 0.15) is 0 Å². The smallest absolute Gasteiger partial charge is 0.665 e. The van der Waals surface area contributed by atoms with Crippen molar-refractivity contribution in [3.8, 4) is 0 Å². The third kappa shape index (κ3) is 61.7. The molecular weight excluding hydrogens is 107 g/mol. The summed E-state index contributed by atoms with van der Waals surface area (Å²) in [5, 5.41) is 6.76. The molecule has 36 valence electrons. The topological polar surface area (TPSA) is 49.8 Å². The van der Waals surface area contributed by atoms with E-state index in [2.05, 4.69) is 4.74 Å². The number of ether oxygens (including phenoxy) is 1. The van der Waals surface area contributed by atoms with E-state index in [1.807, 2.05) is 0 Å². The SMILES string of the molecule is C1CO1.O=[C-]O.[Na+]. The first-order valence-corrected chi connectivity index (χ1v) is 1.51. The van der Waals surface area contributed by atoms with Gasteiger partial charge in [0.2, 0.25) is 0 Å². The maximum atomic E-state index is 8.24. The van der Waals surface area contributed by atoms with E-state index < -0.39 is 0 Å². The average Bonchev–Trinajstić information content (AvgIpc) is 2.11. The second-order valence-electron chi connectivity index (χ2n) is 0.704. The molecule has 0 aromatic rings. The fourth-order valence-corrected chi connectivity index (χ4v) is 0. The molecule has 7 heavy (non-hydrogen) atoms. The number of aliphatic hydroxyl groups excluding tert-OH is 1. The molecule has 1 fully saturated rings. The van der Waals surface area contributed by atoms with Gasteiger partial charge >= 0.3 is 29.6 Å². The van der Waals surface area contributed by atoms with E-state index in [9.17, 15) is 0 Å². The molecule has 3 nitrogen and oxygen atoms in total. The van der Waals surface area contributed by atoms with Gasteiger partial charge < -0.3 is 14.6 Å². The van der Waals surface area contributed by atoms with Crippen LogP contribution in [0.2, 0.25) is 0 Å². The van der Waals surface area contributed by atoms with Crippen LogP contribution >= 0.6 is 0 Å². The molecule has 0 spiro atoms. The van der Waals surface area contributed by atoms with Gasteiger partial charge in [-0.15, -0.1) is 0 Å². The Morgan fingerprint density at radius 2 is 1.71 bits per heavy atom. The molecule has 1 saturated heterocycles. The van der Waals surface area contributed by atoms with Crippen LogP contribution in [0.5, 0.6) is 0 Å². The molecule has 1 N–H and O–H groups in total. The van der Waals surface area contributed by atoms with Crippen LogP contribution < -0.4 is 29.6 Å². The van der Waals surface area contributed by atoms with Crippen molar-refractivity contribution in [1.29, 1.82) is 0 Å². The van der Waals surface area contributed by atoms with E-state index in [1.165, 1.54) is 0 Å². The summed E-state index contributed by atoms with van der Waals surface area (Å²) in [6, 6.07) is 0. The predicted octanol–water partition coefficient (Wildman–Crippen LogP) is -3.37. The number of rotatable bonds is 0. The van der Waals surface area contributed by atoms with Crippen molar-refractivity contribution >= 4 is 6.47 Å². The van der Waals surface area contributed by atoms with E-state index >= 15 is 0 Å². The van der Waals surface area contributed by atoms with Gasteiger partial charge in [-0.25, -0.2) is 0 Å². The van der Waals surface area contributed by atoms with Gasteiger partial charge in [-0.3, -0.25) is 0 Å². The minimum Gasteiger partial charge on any atom is -0.665 e. The second kappa shape index (κ2) is 9.66. The zero-order chi connectivity index (χ0) is 4.83.